The number of hydrogen-bond acceptors (Lipinski definition) is 4. The predicted octanol–water partition coefficient (Wildman–Crippen LogP) is 3.57. The van der Waals surface area contributed by atoms with Crippen LogP contribution in [0.4, 0.5) is 0 Å². The van der Waals surface area contributed by atoms with Crippen molar-refractivity contribution in [2.24, 2.45) is 16.2 Å². The van der Waals surface area contributed by atoms with Crippen LogP contribution in [0.5, 0.6) is 0 Å². The second-order valence-electron chi connectivity index (χ2n) is 6.59. The van der Waals surface area contributed by atoms with Gasteiger partial charge in [0.2, 0.25) is 0 Å². The van der Waals surface area contributed by atoms with E-state index in [-0.39, 0.29) is 13.2 Å². The lowest BCUT2D eigenvalue weighted by Gasteiger charge is -2.23. The molecule has 0 radical (unpaired) electrons. The Morgan fingerprint density at radius 2 is 1.42 bits per heavy atom. The highest BCUT2D eigenvalue weighted by Gasteiger charge is 2.28. The van der Waals surface area contributed by atoms with Crippen molar-refractivity contribution in [2.45, 2.75) is 70.3 Å². The maximum Gasteiger partial charge on any atom is 0.130 e. The fourth-order valence-electron chi connectivity index (χ4n) is 2.80. The Kier molecular flexibility index (Phi) is 10.3. The van der Waals surface area contributed by atoms with Gasteiger partial charge in [-0.25, -0.2) is 0 Å². The summed E-state index contributed by atoms with van der Waals surface area (Å²) in [5, 5.41) is 25.9. The highest BCUT2D eigenvalue weighted by molar-refractivity contribution is 5.23. The Labute approximate surface area is 146 Å². The van der Waals surface area contributed by atoms with E-state index < -0.39 is 5.54 Å². The molecule has 24 heavy (non-hydrogen) atoms. The van der Waals surface area contributed by atoms with Gasteiger partial charge in [-0.3, -0.25) is 0 Å². The van der Waals surface area contributed by atoms with Crippen LogP contribution in [0, 0.1) is 0 Å². The molecule has 0 heterocycles. The van der Waals surface area contributed by atoms with E-state index in [9.17, 15) is 10.2 Å². The smallest absolute Gasteiger partial charge is 0.130 e. The van der Waals surface area contributed by atoms with E-state index in [0.717, 1.165) is 12.8 Å². The van der Waals surface area contributed by atoms with Gasteiger partial charge in [0.25, 0.3) is 0 Å². The van der Waals surface area contributed by atoms with Crippen molar-refractivity contribution < 1.29 is 10.2 Å². The maximum absolute atomic E-state index is 9.43. The molecule has 0 atom stereocenters. The predicted molar refractivity (Wildman–Crippen MR) is 97.8 cm³/mol. The van der Waals surface area contributed by atoms with Gasteiger partial charge in [0.05, 0.1) is 13.2 Å². The standard InChI is InChI=1S/C19H33N3O2/c1-2-3-4-5-6-7-8-17-9-11-18(12-10-17)13-14-19(15-23,16-24)21-22-20/h9-12,23-24H,2-8,13-16H2,1H3,(H2,20,21). The summed E-state index contributed by atoms with van der Waals surface area (Å²) < 4.78 is 0. The van der Waals surface area contributed by atoms with Crippen LogP contribution in [-0.2, 0) is 12.8 Å². The van der Waals surface area contributed by atoms with E-state index in [2.05, 4.69) is 41.5 Å². The molecule has 0 aliphatic rings. The Morgan fingerprint density at radius 3 is 1.96 bits per heavy atom. The van der Waals surface area contributed by atoms with Gasteiger partial charge in [-0.05, 0) is 36.8 Å². The van der Waals surface area contributed by atoms with Crippen LogP contribution in [0.25, 0.3) is 0 Å². The summed E-state index contributed by atoms with van der Waals surface area (Å²) in [5.41, 5.74) is 1.55. The second kappa shape index (κ2) is 12.0. The van der Waals surface area contributed by atoms with E-state index in [4.69, 9.17) is 5.84 Å². The van der Waals surface area contributed by atoms with Crippen molar-refractivity contribution in [2.75, 3.05) is 13.2 Å². The number of nitrogens with two attached hydrogens (primary N) is 1. The van der Waals surface area contributed by atoms with Crippen molar-refractivity contribution in [3.05, 3.63) is 35.4 Å². The highest BCUT2D eigenvalue weighted by atomic mass is 16.3. The summed E-state index contributed by atoms with van der Waals surface area (Å²) in [6.45, 7) is 1.71. The quantitative estimate of drug-likeness (QED) is 0.223. The highest BCUT2D eigenvalue weighted by Crippen LogP contribution is 2.19. The van der Waals surface area contributed by atoms with Crippen LogP contribution < -0.4 is 5.84 Å². The molecule has 0 saturated carbocycles. The van der Waals surface area contributed by atoms with Crippen molar-refractivity contribution in [3.63, 3.8) is 0 Å². The number of rotatable bonds is 13. The number of hydrogen-bond donors (Lipinski definition) is 3. The second-order valence-corrected chi connectivity index (χ2v) is 6.59. The number of nitrogens with zero attached hydrogens (tertiary/aromatic N) is 2. The van der Waals surface area contributed by atoms with Gasteiger partial charge >= 0.3 is 0 Å². The zero-order valence-corrected chi connectivity index (χ0v) is 15.0. The van der Waals surface area contributed by atoms with Crippen molar-refractivity contribution in [1.82, 2.24) is 0 Å². The van der Waals surface area contributed by atoms with E-state index in [0.29, 0.717) is 6.42 Å². The Bertz CT molecular complexity index is 456. The third-order valence-electron chi connectivity index (χ3n) is 4.58. The topological polar surface area (TPSA) is 91.2 Å². The molecule has 0 fully saturated rings. The first kappa shape index (κ1) is 20.6. The first-order valence-corrected chi connectivity index (χ1v) is 9.11. The van der Waals surface area contributed by atoms with Crippen molar-refractivity contribution in [1.29, 1.82) is 0 Å². The molecule has 1 aromatic carbocycles. The van der Waals surface area contributed by atoms with Gasteiger partial charge in [-0.15, -0.1) is 0 Å². The third kappa shape index (κ3) is 7.41. The molecule has 1 aromatic rings. The van der Waals surface area contributed by atoms with Gasteiger partial charge in [0, 0.05) is 0 Å². The summed E-state index contributed by atoms with van der Waals surface area (Å²) in [5.74, 6) is 5.08. The lowest BCUT2D eigenvalue weighted by Crippen LogP contribution is -2.36. The molecule has 0 aliphatic heterocycles. The van der Waals surface area contributed by atoms with Gasteiger partial charge < -0.3 is 16.1 Å². The SMILES string of the molecule is CCCCCCCCc1ccc(CCC(CO)(CO)N=NN)cc1. The number of unbranched alkanes of at least 4 members (excludes halogenated alkanes) is 5. The van der Waals surface area contributed by atoms with E-state index in [1.807, 2.05) is 0 Å². The molecule has 0 aromatic heterocycles. The molecular weight excluding hydrogens is 302 g/mol. The molecule has 0 aliphatic carbocycles. The summed E-state index contributed by atoms with van der Waals surface area (Å²) >= 11 is 0. The molecule has 0 amide bonds. The number of aliphatic hydroxyl groups excluding tert-OH is 2. The van der Waals surface area contributed by atoms with Crippen molar-refractivity contribution in [3.8, 4) is 0 Å². The van der Waals surface area contributed by atoms with E-state index in [1.54, 1.807) is 0 Å². The minimum atomic E-state index is -0.980. The minimum absolute atomic E-state index is 0.264. The van der Waals surface area contributed by atoms with Crippen LogP contribution >= 0.6 is 0 Å². The number of aliphatic hydroxyl groups is 2. The van der Waals surface area contributed by atoms with E-state index in [1.165, 1.54) is 49.7 Å². The minimum Gasteiger partial charge on any atom is -0.394 e. The zero-order chi connectivity index (χ0) is 17.7. The molecule has 0 unspecified atom stereocenters. The molecule has 0 saturated heterocycles. The van der Waals surface area contributed by atoms with Gasteiger partial charge in [0.1, 0.15) is 5.54 Å². The van der Waals surface area contributed by atoms with Crippen LogP contribution in [0.1, 0.15) is 63.0 Å². The van der Waals surface area contributed by atoms with Crippen molar-refractivity contribution >= 4 is 0 Å². The zero-order valence-electron chi connectivity index (χ0n) is 15.0. The summed E-state index contributed by atoms with van der Waals surface area (Å²) in [7, 11) is 0. The van der Waals surface area contributed by atoms with Crippen LogP contribution in [0.2, 0.25) is 0 Å². The lowest BCUT2D eigenvalue weighted by molar-refractivity contribution is 0.110. The molecule has 1 rings (SSSR count). The van der Waals surface area contributed by atoms with Gasteiger partial charge in [0.15, 0.2) is 0 Å². The molecule has 4 N–H and O–H groups in total. The monoisotopic (exact) mass is 335 g/mol. The average Bonchev–Trinajstić information content (AvgIpc) is 2.63. The molecule has 0 bridgehead atoms. The first-order chi connectivity index (χ1) is 11.7. The number of benzene rings is 1. The fraction of sp³-hybridized carbons (Fsp3) is 0.684. The van der Waals surface area contributed by atoms with Crippen LogP contribution in [-0.4, -0.2) is 29.0 Å². The first-order valence-electron chi connectivity index (χ1n) is 9.11. The Morgan fingerprint density at radius 1 is 0.875 bits per heavy atom. The van der Waals surface area contributed by atoms with E-state index >= 15 is 0 Å². The lowest BCUT2D eigenvalue weighted by atomic mass is 9.93. The average molecular weight is 335 g/mol. The van der Waals surface area contributed by atoms with Crippen LogP contribution in [0.3, 0.4) is 0 Å². The molecule has 5 nitrogen and oxygen atoms in total. The molecular formula is C19H33N3O2. The largest absolute Gasteiger partial charge is 0.394 e. The normalized spacial score (nSPS) is 12.1. The Hall–Kier alpha value is -1.46. The molecule has 0 spiro atoms. The fourth-order valence-corrected chi connectivity index (χ4v) is 2.80. The summed E-state index contributed by atoms with van der Waals surface area (Å²) in [6.07, 6.45) is 10.3. The van der Waals surface area contributed by atoms with Gasteiger partial charge in [-0.1, -0.05) is 68.5 Å². The summed E-state index contributed by atoms with van der Waals surface area (Å²) in [4.78, 5) is 0. The number of aryl methyl sites for hydroxylation is 2. The molecule has 5 heteroatoms. The van der Waals surface area contributed by atoms with Crippen LogP contribution in [0.15, 0.2) is 34.6 Å². The summed E-state index contributed by atoms with van der Waals surface area (Å²) in [6, 6.07) is 8.58. The maximum atomic E-state index is 9.43. The third-order valence-corrected chi connectivity index (χ3v) is 4.58. The molecule has 136 valence electrons. The Balaban J connectivity index is 2.39. The van der Waals surface area contributed by atoms with Gasteiger partial charge in [-0.2, -0.15) is 5.11 Å².